The first-order valence-electron chi connectivity index (χ1n) is 3.41. The van der Waals surface area contributed by atoms with Gasteiger partial charge in [0.25, 0.3) is 0 Å². The van der Waals surface area contributed by atoms with E-state index >= 15 is 0 Å². The van der Waals surface area contributed by atoms with Gasteiger partial charge in [-0.15, -0.1) is 0 Å². The first-order valence-corrected chi connectivity index (χ1v) is 3.41. The summed E-state index contributed by atoms with van der Waals surface area (Å²) in [6.45, 7) is 3.97. The van der Waals surface area contributed by atoms with E-state index in [9.17, 15) is 4.79 Å². The molecular weight excluding hydrogens is 132 g/mol. The quantitative estimate of drug-likeness (QED) is 0.501. The third kappa shape index (κ3) is 1.60. The molecule has 1 heterocycles. The fraction of sp³-hybridized carbons (Fsp3) is 0.833. The lowest BCUT2D eigenvalue weighted by molar-refractivity contribution is 0.130. The normalized spacial score (nSPS) is 26.5. The van der Waals surface area contributed by atoms with Crippen LogP contribution in [0.25, 0.3) is 0 Å². The maximum Gasteiger partial charge on any atom is 0.407 e. The van der Waals surface area contributed by atoms with Crippen LogP contribution < -0.4 is 5.32 Å². The number of nitrogens with zero attached hydrogens (tertiary/aromatic N) is 1. The van der Waals surface area contributed by atoms with Crippen LogP contribution in [0.15, 0.2) is 0 Å². The third-order valence-corrected chi connectivity index (χ3v) is 1.64. The Morgan fingerprint density at radius 3 is 2.90 bits per heavy atom. The van der Waals surface area contributed by atoms with Gasteiger partial charge in [0.2, 0.25) is 0 Å². The molecule has 0 aromatic carbocycles. The van der Waals surface area contributed by atoms with Crippen molar-refractivity contribution >= 4 is 6.09 Å². The summed E-state index contributed by atoms with van der Waals surface area (Å²) in [4.78, 5) is 11.8. The summed E-state index contributed by atoms with van der Waals surface area (Å²) >= 11 is 0. The van der Waals surface area contributed by atoms with Gasteiger partial charge in [0.05, 0.1) is 0 Å². The molecule has 1 rings (SSSR count). The molecule has 0 aliphatic carbocycles. The Labute approximate surface area is 59.8 Å². The molecule has 1 aliphatic heterocycles. The molecular formula is C6H12N2O2. The second-order valence-corrected chi connectivity index (χ2v) is 2.58. The highest BCUT2D eigenvalue weighted by atomic mass is 16.4. The van der Waals surface area contributed by atoms with Crippen LogP contribution in [-0.4, -0.2) is 41.8 Å². The molecule has 2 N–H and O–H groups in total. The first-order chi connectivity index (χ1) is 4.70. The largest absolute Gasteiger partial charge is 0.465 e. The predicted molar refractivity (Wildman–Crippen MR) is 37.1 cm³/mol. The van der Waals surface area contributed by atoms with E-state index in [-0.39, 0.29) is 0 Å². The molecule has 0 spiro atoms. The number of nitrogens with one attached hydrogen (secondary N) is 1. The Hall–Kier alpha value is -0.770. The fourth-order valence-electron chi connectivity index (χ4n) is 1.11. The molecule has 0 radical (unpaired) electrons. The maximum atomic E-state index is 10.4. The number of amides is 1. The Morgan fingerprint density at radius 2 is 2.50 bits per heavy atom. The van der Waals surface area contributed by atoms with Crippen molar-refractivity contribution in [2.24, 2.45) is 0 Å². The van der Waals surface area contributed by atoms with Crippen LogP contribution in [0.3, 0.4) is 0 Å². The molecule has 10 heavy (non-hydrogen) atoms. The van der Waals surface area contributed by atoms with Crippen molar-refractivity contribution in [1.29, 1.82) is 0 Å². The second kappa shape index (κ2) is 2.88. The van der Waals surface area contributed by atoms with Crippen molar-refractivity contribution in [3.8, 4) is 0 Å². The minimum absolute atomic E-state index is 0.296. The van der Waals surface area contributed by atoms with Crippen molar-refractivity contribution < 1.29 is 9.90 Å². The number of carbonyl (C=O) groups is 1. The van der Waals surface area contributed by atoms with E-state index in [2.05, 4.69) is 5.32 Å². The lowest BCUT2D eigenvalue weighted by Crippen LogP contribution is -2.50. The van der Waals surface area contributed by atoms with Gasteiger partial charge in [-0.3, -0.25) is 0 Å². The minimum atomic E-state index is -0.812. The SMILES string of the molecule is CC1CN(C(=O)O)CCN1. The summed E-state index contributed by atoms with van der Waals surface area (Å²) in [5.41, 5.74) is 0. The molecule has 0 saturated carbocycles. The van der Waals surface area contributed by atoms with Gasteiger partial charge in [-0.1, -0.05) is 0 Å². The molecule has 1 amide bonds. The molecule has 1 saturated heterocycles. The third-order valence-electron chi connectivity index (χ3n) is 1.64. The molecule has 1 aliphatic rings. The summed E-state index contributed by atoms with van der Waals surface area (Å²) in [5, 5.41) is 11.7. The van der Waals surface area contributed by atoms with Crippen molar-refractivity contribution in [3.05, 3.63) is 0 Å². The zero-order valence-corrected chi connectivity index (χ0v) is 6.00. The van der Waals surface area contributed by atoms with Crippen molar-refractivity contribution in [2.75, 3.05) is 19.6 Å². The van der Waals surface area contributed by atoms with Gasteiger partial charge in [0, 0.05) is 25.7 Å². The van der Waals surface area contributed by atoms with Crippen molar-refractivity contribution in [2.45, 2.75) is 13.0 Å². The van der Waals surface area contributed by atoms with Crippen LogP contribution in [0.4, 0.5) is 4.79 Å². The highest BCUT2D eigenvalue weighted by molar-refractivity contribution is 5.65. The number of rotatable bonds is 0. The standard InChI is InChI=1S/C6H12N2O2/c1-5-4-8(6(9)10)3-2-7-5/h5,7H,2-4H2,1H3,(H,9,10). The molecule has 58 valence electrons. The maximum absolute atomic E-state index is 10.4. The number of hydrogen-bond donors (Lipinski definition) is 2. The Bertz CT molecular complexity index is 138. The highest BCUT2D eigenvalue weighted by Crippen LogP contribution is 1.97. The van der Waals surface area contributed by atoms with Crippen LogP contribution in [0, 0.1) is 0 Å². The van der Waals surface area contributed by atoms with Gasteiger partial charge < -0.3 is 15.3 Å². The molecule has 1 fully saturated rings. The van der Waals surface area contributed by atoms with E-state index in [0.29, 0.717) is 19.1 Å². The lowest BCUT2D eigenvalue weighted by Gasteiger charge is -2.29. The molecule has 1 atom stereocenters. The Morgan fingerprint density at radius 1 is 1.80 bits per heavy atom. The van der Waals surface area contributed by atoms with E-state index in [1.807, 2.05) is 6.92 Å². The summed E-state index contributed by atoms with van der Waals surface area (Å²) in [5.74, 6) is 0. The van der Waals surface area contributed by atoms with E-state index in [0.717, 1.165) is 6.54 Å². The average Bonchev–Trinajstić information content (AvgIpc) is 1.88. The summed E-state index contributed by atoms with van der Waals surface area (Å²) in [6.07, 6.45) is -0.812. The van der Waals surface area contributed by atoms with Crippen molar-refractivity contribution in [1.82, 2.24) is 10.2 Å². The topological polar surface area (TPSA) is 52.6 Å². The Balaban J connectivity index is 2.39. The smallest absolute Gasteiger partial charge is 0.407 e. The molecule has 4 heteroatoms. The van der Waals surface area contributed by atoms with Gasteiger partial charge in [0.15, 0.2) is 0 Å². The first kappa shape index (κ1) is 7.34. The summed E-state index contributed by atoms with van der Waals surface area (Å²) in [6, 6.07) is 0.296. The minimum Gasteiger partial charge on any atom is -0.465 e. The van der Waals surface area contributed by atoms with E-state index < -0.39 is 6.09 Å². The van der Waals surface area contributed by atoms with E-state index in [1.54, 1.807) is 0 Å². The average molecular weight is 144 g/mol. The number of hydrogen-bond acceptors (Lipinski definition) is 2. The van der Waals surface area contributed by atoms with Gasteiger partial charge >= 0.3 is 6.09 Å². The van der Waals surface area contributed by atoms with Crippen LogP contribution in [0.1, 0.15) is 6.92 Å². The van der Waals surface area contributed by atoms with Gasteiger partial charge in [-0.05, 0) is 6.92 Å². The monoisotopic (exact) mass is 144 g/mol. The molecule has 0 aromatic rings. The van der Waals surface area contributed by atoms with E-state index in [4.69, 9.17) is 5.11 Å². The van der Waals surface area contributed by atoms with Gasteiger partial charge in [-0.25, -0.2) is 4.79 Å². The van der Waals surface area contributed by atoms with Crippen LogP contribution in [0.5, 0.6) is 0 Å². The van der Waals surface area contributed by atoms with Crippen molar-refractivity contribution in [3.63, 3.8) is 0 Å². The zero-order valence-electron chi connectivity index (χ0n) is 6.00. The van der Waals surface area contributed by atoms with Crippen LogP contribution in [0.2, 0.25) is 0 Å². The number of piperazine rings is 1. The highest BCUT2D eigenvalue weighted by Gasteiger charge is 2.18. The molecule has 0 aromatic heterocycles. The fourth-order valence-corrected chi connectivity index (χ4v) is 1.11. The lowest BCUT2D eigenvalue weighted by atomic mass is 10.2. The van der Waals surface area contributed by atoms with Gasteiger partial charge in [-0.2, -0.15) is 0 Å². The van der Waals surface area contributed by atoms with Gasteiger partial charge in [0.1, 0.15) is 0 Å². The number of carboxylic acid groups (broad SMARTS) is 1. The second-order valence-electron chi connectivity index (χ2n) is 2.58. The Kier molecular flexibility index (Phi) is 2.11. The summed E-state index contributed by atoms with van der Waals surface area (Å²) in [7, 11) is 0. The van der Waals surface area contributed by atoms with E-state index in [1.165, 1.54) is 4.90 Å². The molecule has 1 unspecified atom stereocenters. The molecule has 4 nitrogen and oxygen atoms in total. The van der Waals surface area contributed by atoms with Crippen LogP contribution >= 0.6 is 0 Å². The predicted octanol–water partition coefficient (Wildman–Crippen LogP) is -0.0419. The molecule has 0 bridgehead atoms. The zero-order chi connectivity index (χ0) is 7.56. The summed E-state index contributed by atoms with van der Waals surface area (Å²) < 4.78 is 0. The van der Waals surface area contributed by atoms with Crippen LogP contribution in [-0.2, 0) is 0 Å².